The van der Waals surface area contributed by atoms with E-state index in [1.807, 2.05) is 32.0 Å². The average molecular weight is 322 g/mol. The largest absolute Gasteiger partial charge is 0.352 e. The molecule has 0 aliphatic carbocycles. The number of nitrogens with one attached hydrogen (secondary N) is 1. The molecule has 1 amide bonds. The number of benzene rings is 1. The fourth-order valence-electron chi connectivity index (χ4n) is 2.58. The molecular formula is C17H24ClN3O. The molecule has 0 saturated heterocycles. The highest BCUT2D eigenvalue weighted by atomic mass is 35.5. The Morgan fingerprint density at radius 3 is 2.55 bits per heavy atom. The third-order valence-electron chi connectivity index (χ3n) is 3.70. The van der Waals surface area contributed by atoms with E-state index in [1.54, 1.807) is 0 Å². The molecule has 120 valence electrons. The van der Waals surface area contributed by atoms with Crippen LogP contribution in [0, 0.1) is 20.8 Å². The number of hydrogen-bond acceptors (Lipinski definition) is 2. The third-order valence-corrected chi connectivity index (χ3v) is 3.70. The van der Waals surface area contributed by atoms with Crippen LogP contribution in [0.3, 0.4) is 0 Å². The summed E-state index contributed by atoms with van der Waals surface area (Å²) in [6.45, 7) is 7.29. The van der Waals surface area contributed by atoms with Crippen molar-refractivity contribution < 1.29 is 4.79 Å². The normalized spacial score (nSPS) is 10.2. The molecule has 2 rings (SSSR count). The number of halogens is 1. The lowest BCUT2D eigenvalue weighted by Gasteiger charge is -2.12. The summed E-state index contributed by atoms with van der Waals surface area (Å²) in [5.41, 5.74) is 10.5. The maximum atomic E-state index is 12.3. The zero-order chi connectivity index (χ0) is 15.4. The summed E-state index contributed by atoms with van der Waals surface area (Å²) in [5, 5.41) is 2.92. The van der Waals surface area contributed by atoms with Crippen LogP contribution in [0.15, 0.2) is 30.3 Å². The van der Waals surface area contributed by atoms with Gasteiger partial charge in [-0.25, -0.2) is 0 Å². The molecule has 1 aromatic carbocycles. The Bertz CT molecular complexity index is 649. The monoisotopic (exact) mass is 321 g/mol. The summed E-state index contributed by atoms with van der Waals surface area (Å²) in [7, 11) is 0. The zero-order valence-electron chi connectivity index (χ0n) is 13.3. The molecule has 3 N–H and O–H groups in total. The van der Waals surface area contributed by atoms with Crippen LogP contribution >= 0.6 is 12.4 Å². The Balaban J connectivity index is 0.00000242. The first-order valence-electron chi connectivity index (χ1n) is 7.29. The van der Waals surface area contributed by atoms with E-state index in [0.29, 0.717) is 13.1 Å². The highest BCUT2D eigenvalue weighted by molar-refractivity contribution is 5.95. The standard InChI is InChI=1S/C17H23N3O.ClH/c1-12-7-4-5-8-16(12)20-13(2)11-15(14(20)3)17(21)19-10-6-9-18;/h4-5,7-8,11H,6,9-10,18H2,1-3H3,(H,19,21);1H. The maximum absolute atomic E-state index is 12.3. The van der Waals surface area contributed by atoms with Gasteiger partial charge in [0, 0.05) is 23.6 Å². The molecule has 0 bridgehead atoms. The minimum Gasteiger partial charge on any atom is -0.352 e. The number of aromatic nitrogens is 1. The van der Waals surface area contributed by atoms with E-state index in [-0.39, 0.29) is 18.3 Å². The number of carbonyl (C=O) groups is 1. The molecule has 22 heavy (non-hydrogen) atoms. The van der Waals surface area contributed by atoms with Crippen LogP contribution in [0.5, 0.6) is 0 Å². The number of nitrogens with zero attached hydrogens (tertiary/aromatic N) is 1. The molecule has 1 aromatic heterocycles. The van der Waals surface area contributed by atoms with Gasteiger partial charge in [-0.2, -0.15) is 0 Å². The second-order valence-corrected chi connectivity index (χ2v) is 5.30. The quantitative estimate of drug-likeness (QED) is 0.832. The topological polar surface area (TPSA) is 60.0 Å². The van der Waals surface area contributed by atoms with E-state index in [1.165, 1.54) is 5.56 Å². The maximum Gasteiger partial charge on any atom is 0.253 e. The highest BCUT2D eigenvalue weighted by Gasteiger charge is 2.16. The summed E-state index contributed by atoms with van der Waals surface area (Å²) >= 11 is 0. The molecule has 1 heterocycles. The van der Waals surface area contributed by atoms with Crippen LogP contribution in [-0.4, -0.2) is 23.6 Å². The van der Waals surface area contributed by atoms with Crippen molar-refractivity contribution in [2.45, 2.75) is 27.2 Å². The van der Waals surface area contributed by atoms with Crippen molar-refractivity contribution in [3.8, 4) is 5.69 Å². The molecule has 4 nitrogen and oxygen atoms in total. The molecule has 0 atom stereocenters. The lowest BCUT2D eigenvalue weighted by molar-refractivity contribution is 0.0953. The molecule has 0 aliphatic rings. The minimum atomic E-state index is -0.0311. The van der Waals surface area contributed by atoms with Crippen molar-refractivity contribution in [2.75, 3.05) is 13.1 Å². The fraction of sp³-hybridized carbons (Fsp3) is 0.353. The Labute approximate surface area is 138 Å². The lowest BCUT2D eigenvalue weighted by atomic mass is 10.2. The Morgan fingerprint density at radius 2 is 1.91 bits per heavy atom. The van der Waals surface area contributed by atoms with Crippen LogP contribution < -0.4 is 11.1 Å². The number of carbonyl (C=O) groups excluding carboxylic acids is 1. The van der Waals surface area contributed by atoms with Gasteiger partial charge in [-0.05, 0) is 51.4 Å². The van der Waals surface area contributed by atoms with Crippen LogP contribution in [0.4, 0.5) is 0 Å². The number of amides is 1. The van der Waals surface area contributed by atoms with Gasteiger partial charge in [0.25, 0.3) is 5.91 Å². The first-order chi connectivity index (χ1) is 10.1. The molecule has 0 spiro atoms. The summed E-state index contributed by atoms with van der Waals surface area (Å²) in [6, 6.07) is 10.1. The van der Waals surface area contributed by atoms with E-state index >= 15 is 0 Å². The summed E-state index contributed by atoms with van der Waals surface area (Å²) < 4.78 is 2.13. The predicted octanol–water partition coefficient (Wildman–Crippen LogP) is 2.90. The Hall–Kier alpha value is -1.78. The second-order valence-electron chi connectivity index (χ2n) is 5.30. The van der Waals surface area contributed by atoms with E-state index in [0.717, 1.165) is 29.1 Å². The van der Waals surface area contributed by atoms with Crippen LogP contribution in [0.2, 0.25) is 0 Å². The molecule has 0 fully saturated rings. The fourth-order valence-corrected chi connectivity index (χ4v) is 2.58. The Kier molecular flexibility index (Phi) is 6.65. The van der Waals surface area contributed by atoms with Gasteiger partial charge in [0.05, 0.1) is 5.56 Å². The Morgan fingerprint density at radius 1 is 1.23 bits per heavy atom. The second kappa shape index (κ2) is 8.01. The number of para-hydroxylation sites is 1. The van der Waals surface area contributed by atoms with Gasteiger partial charge in [0.1, 0.15) is 0 Å². The molecule has 0 unspecified atom stereocenters. The van der Waals surface area contributed by atoms with Crippen molar-refractivity contribution >= 4 is 18.3 Å². The van der Waals surface area contributed by atoms with Crippen LogP contribution in [0.25, 0.3) is 5.69 Å². The minimum absolute atomic E-state index is 0. The van der Waals surface area contributed by atoms with E-state index in [2.05, 4.69) is 28.9 Å². The van der Waals surface area contributed by atoms with Crippen molar-refractivity contribution in [1.82, 2.24) is 9.88 Å². The van der Waals surface area contributed by atoms with Crippen molar-refractivity contribution in [3.63, 3.8) is 0 Å². The SMILES string of the molecule is Cc1ccccc1-n1c(C)cc(C(=O)NCCCN)c1C.Cl. The summed E-state index contributed by atoms with van der Waals surface area (Å²) in [4.78, 5) is 12.3. The summed E-state index contributed by atoms with van der Waals surface area (Å²) in [6.07, 6.45) is 0.794. The van der Waals surface area contributed by atoms with Crippen LogP contribution in [0.1, 0.15) is 33.7 Å². The predicted molar refractivity (Wildman–Crippen MR) is 93.2 cm³/mol. The molecule has 2 aromatic rings. The third kappa shape index (κ3) is 3.70. The van der Waals surface area contributed by atoms with Gasteiger partial charge >= 0.3 is 0 Å². The van der Waals surface area contributed by atoms with Gasteiger partial charge < -0.3 is 15.6 Å². The van der Waals surface area contributed by atoms with Crippen molar-refractivity contribution in [2.24, 2.45) is 5.73 Å². The highest BCUT2D eigenvalue weighted by Crippen LogP contribution is 2.23. The van der Waals surface area contributed by atoms with Gasteiger partial charge in [0.15, 0.2) is 0 Å². The van der Waals surface area contributed by atoms with Gasteiger partial charge in [-0.3, -0.25) is 4.79 Å². The number of nitrogens with two attached hydrogens (primary N) is 1. The first kappa shape index (κ1) is 18.3. The van der Waals surface area contributed by atoms with Gasteiger partial charge in [0.2, 0.25) is 0 Å². The lowest BCUT2D eigenvalue weighted by Crippen LogP contribution is -2.26. The molecule has 0 saturated carbocycles. The molecular weight excluding hydrogens is 298 g/mol. The molecule has 5 heteroatoms. The van der Waals surface area contributed by atoms with Crippen molar-refractivity contribution in [1.29, 1.82) is 0 Å². The number of aryl methyl sites for hydroxylation is 2. The average Bonchev–Trinajstić information content (AvgIpc) is 2.75. The van der Waals surface area contributed by atoms with Crippen molar-refractivity contribution in [3.05, 3.63) is 52.8 Å². The molecule has 0 radical (unpaired) electrons. The molecule has 0 aliphatic heterocycles. The van der Waals surface area contributed by atoms with E-state index in [9.17, 15) is 4.79 Å². The number of rotatable bonds is 5. The van der Waals surface area contributed by atoms with Gasteiger partial charge in [-0.15, -0.1) is 12.4 Å². The number of hydrogen-bond donors (Lipinski definition) is 2. The summed E-state index contributed by atoms with van der Waals surface area (Å²) in [5.74, 6) is -0.0311. The van der Waals surface area contributed by atoms with E-state index in [4.69, 9.17) is 5.73 Å². The van der Waals surface area contributed by atoms with Gasteiger partial charge in [-0.1, -0.05) is 18.2 Å². The zero-order valence-corrected chi connectivity index (χ0v) is 14.2. The first-order valence-corrected chi connectivity index (χ1v) is 7.29. The van der Waals surface area contributed by atoms with Crippen LogP contribution in [-0.2, 0) is 0 Å². The van der Waals surface area contributed by atoms with E-state index < -0.39 is 0 Å². The smallest absolute Gasteiger partial charge is 0.253 e.